The molecule has 0 saturated carbocycles. The second-order valence-electron chi connectivity index (χ2n) is 8.53. The number of aromatic nitrogens is 4. The molecule has 2 aliphatic heterocycles. The Labute approximate surface area is 208 Å². The number of imidazole rings is 1. The summed E-state index contributed by atoms with van der Waals surface area (Å²) in [5, 5.41) is 6.06. The first-order valence-corrected chi connectivity index (χ1v) is 11.5. The Kier molecular flexibility index (Phi) is 7.94. The van der Waals surface area contributed by atoms with Gasteiger partial charge >= 0.3 is 0 Å². The topological polar surface area (TPSA) is 103 Å². The lowest BCUT2D eigenvalue weighted by atomic mass is 10.1. The molecule has 1 aromatic carbocycles. The van der Waals surface area contributed by atoms with Gasteiger partial charge in [-0.3, -0.25) is 4.79 Å². The van der Waals surface area contributed by atoms with Crippen LogP contribution in [0, 0.1) is 12.7 Å². The van der Waals surface area contributed by atoms with Gasteiger partial charge in [-0.15, -0.1) is 12.4 Å². The number of anilines is 2. The minimum atomic E-state index is -0.512. The van der Waals surface area contributed by atoms with Crippen LogP contribution < -0.4 is 10.6 Å². The molecular formula is C24H28ClFN6O3. The summed E-state index contributed by atoms with van der Waals surface area (Å²) in [5.74, 6) is 0.419. The summed E-state index contributed by atoms with van der Waals surface area (Å²) in [6, 6.07) is 7.22. The van der Waals surface area contributed by atoms with Crippen molar-refractivity contribution in [3.63, 3.8) is 0 Å². The largest absolute Gasteiger partial charge is 0.381 e. The molecule has 1 amide bonds. The monoisotopic (exact) mass is 502 g/mol. The minimum absolute atomic E-state index is 0. The van der Waals surface area contributed by atoms with Crippen LogP contribution in [-0.2, 0) is 9.47 Å². The Morgan fingerprint density at radius 3 is 2.51 bits per heavy atom. The fraction of sp³-hybridized carbons (Fsp3) is 0.417. The molecular weight excluding hydrogens is 475 g/mol. The predicted molar refractivity (Wildman–Crippen MR) is 131 cm³/mol. The second kappa shape index (κ2) is 11.1. The SMILES string of the molecule is Cc1ncc(-c2nc(Nc3ccc(C(=O)NC4CCOC4)cc3)ncc2F)n1C1CCOCC1.Cl. The number of nitrogens with one attached hydrogen (secondary N) is 2. The molecule has 186 valence electrons. The standard InChI is InChI=1S/C24H27FN6O3.ClH/c1-15-26-13-21(31(15)19-7-10-33-11-8-19)22-20(25)12-27-24(30-22)29-17-4-2-16(3-5-17)23(32)28-18-6-9-34-14-18;/h2-5,12-13,18-19H,6-11,14H2,1H3,(H,28,32)(H,27,29,30);1H. The smallest absolute Gasteiger partial charge is 0.251 e. The van der Waals surface area contributed by atoms with Gasteiger partial charge in [-0.1, -0.05) is 0 Å². The van der Waals surface area contributed by atoms with Crippen LogP contribution in [0.25, 0.3) is 11.4 Å². The van der Waals surface area contributed by atoms with E-state index >= 15 is 0 Å². The maximum atomic E-state index is 14.8. The van der Waals surface area contributed by atoms with E-state index < -0.39 is 5.82 Å². The first-order valence-electron chi connectivity index (χ1n) is 11.5. The minimum Gasteiger partial charge on any atom is -0.381 e. The van der Waals surface area contributed by atoms with Crippen molar-refractivity contribution >= 4 is 29.9 Å². The van der Waals surface area contributed by atoms with E-state index in [2.05, 4.69) is 25.6 Å². The van der Waals surface area contributed by atoms with E-state index in [1.165, 1.54) is 0 Å². The molecule has 2 fully saturated rings. The highest BCUT2D eigenvalue weighted by Gasteiger charge is 2.24. The quantitative estimate of drug-likeness (QED) is 0.528. The summed E-state index contributed by atoms with van der Waals surface area (Å²) in [6.07, 6.45) is 5.32. The van der Waals surface area contributed by atoms with Crippen molar-refractivity contribution in [2.24, 2.45) is 0 Å². The van der Waals surface area contributed by atoms with Crippen molar-refractivity contribution in [1.82, 2.24) is 24.8 Å². The normalized spacial score (nSPS) is 18.2. The third-order valence-corrected chi connectivity index (χ3v) is 6.19. The molecule has 11 heteroatoms. The van der Waals surface area contributed by atoms with E-state index in [0.717, 1.165) is 31.3 Å². The fourth-order valence-corrected chi connectivity index (χ4v) is 4.39. The van der Waals surface area contributed by atoms with Gasteiger partial charge in [-0.2, -0.15) is 0 Å². The summed E-state index contributed by atoms with van der Waals surface area (Å²) in [6.45, 7) is 4.46. The van der Waals surface area contributed by atoms with Gasteiger partial charge in [-0.25, -0.2) is 19.3 Å². The van der Waals surface area contributed by atoms with E-state index in [9.17, 15) is 9.18 Å². The van der Waals surface area contributed by atoms with Crippen molar-refractivity contribution < 1.29 is 18.7 Å². The van der Waals surface area contributed by atoms with Crippen LogP contribution in [-0.4, -0.2) is 57.9 Å². The maximum Gasteiger partial charge on any atom is 0.251 e. The van der Waals surface area contributed by atoms with Gasteiger partial charge in [0.25, 0.3) is 5.91 Å². The highest BCUT2D eigenvalue weighted by molar-refractivity contribution is 5.94. The summed E-state index contributed by atoms with van der Waals surface area (Å²) in [7, 11) is 0. The average molecular weight is 503 g/mol. The number of nitrogens with zero attached hydrogens (tertiary/aromatic N) is 4. The molecule has 5 rings (SSSR count). The summed E-state index contributed by atoms with van der Waals surface area (Å²) >= 11 is 0. The number of benzene rings is 1. The lowest BCUT2D eigenvalue weighted by Gasteiger charge is -2.26. The second-order valence-corrected chi connectivity index (χ2v) is 8.53. The van der Waals surface area contributed by atoms with E-state index in [0.29, 0.717) is 43.4 Å². The lowest BCUT2D eigenvalue weighted by Crippen LogP contribution is -2.34. The lowest BCUT2D eigenvalue weighted by molar-refractivity contribution is 0.0694. The summed E-state index contributed by atoms with van der Waals surface area (Å²) < 4.78 is 27.6. The number of halogens is 2. The molecule has 2 aromatic heterocycles. The van der Waals surface area contributed by atoms with Crippen molar-refractivity contribution in [2.45, 2.75) is 38.3 Å². The van der Waals surface area contributed by atoms with Gasteiger partial charge in [0.2, 0.25) is 5.95 Å². The zero-order chi connectivity index (χ0) is 23.5. The summed E-state index contributed by atoms with van der Waals surface area (Å²) in [5.41, 5.74) is 2.05. The van der Waals surface area contributed by atoms with Crippen LogP contribution >= 0.6 is 12.4 Å². The van der Waals surface area contributed by atoms with Gasteiger partial charge in [0.1, 0.15) is 11.5 Å². The van der Waals surface area contributed by atoms with E-state index in [1.807, 2.05) is 11.5 Å². The number of hydrogen-bond acceptors (Lipinski definition) is 7. The van der Waals surface area contributed by atoms with Gasteiger partial charge in [0, 0.05) is 37.1 Å². The van der Waals surface area contributed by atoms with Crippen LogP contribution in [0.2, 0.25) is 0 Å². The highest BCUT2D eigenvalue weighted by atomic mass is 35.5. The number of aryl methyl sites for hydroxylation is 1. The number of rotatable bonds is 6. The first kappa shape index (κ1) is 25.0. The molecule has 35 heavy (non-hydrogen) atoms. The number of amides is 1. The van der Waals surface area contributed by atoms with E-state index in [-0.39, 0.29) is 42.0 Å². The number of hydrogen-bond donors (Lipinski definition) is 2. The predicted octanol–water partition coefficient (Wildman–Crippen LogP) is 3.82. The Morgan fingerprint density at radius 2 is 1.80 bits per heavy atom. The number of carbonyl (C=O) groups excluding carboxylic acids is 1. The van der Waals surface area contributed by atoms with Crippen molar-refractivity contribution in [3.05, 3.63) is 53.9 Å². The van der Waals surface area contributed by atoms with Gasteiger partial charge in [0.15, 0.2) is 5.82 Å². The van der Waals surface area contributed by atoms with Crippen LogP contribution in [0.3, 0.4) is 0 Å². The first-order chi connectivity index (χ1) is 16.6. The van der Waals surface area contributed by atoms with E-state index in [1.54, 1.807) is 30.5 Å². The third-order valence-electron chi connectivity index (χ3n) is 6.19. The van der Waals surface area contributed by atoms with Crippen LogP contribution in [0.1, 0.15) is 41.5 Å². The molecule has 2 saturated heterocycles. The molecule has 1 atom stereocenters. The summed E-state index contributed by atoms with van der Waals surface area (Å²) in [4.78, 5) is 25.4. The number of ether oxygens (including phenoxy) is 2. The van der Waals surface area contributed by atoms with E-state index in [4.69, 9.17) is 9.47 Å². The average Bonchev–Trinajstić information content (AvgIpc) is 3.51. The van der Waals surface area contributed by atoms with Crippen LogP contribution in [0.4, 0.5) is 16.0 Å². The molecule has 2 N–H and O–H groups in total. The molecule has 0 spiro atoms. The Morgan fingerprint density at radius 1 is 1.06 bits per heavy atom. The van der Waals surface area contributed by atoms with Crippen LogP contribution in [0.5, 0.6) is 0 Å². The fourth-order valence-electron chi connectivity index (χ4n) is 4.39. The molecule has 1 unspecified atom stereocenters. The van der Waals surface area contributed by atoms with Crippen LogP contribution in [0.15, 0.2) is 36.7 Å². The Hall–Kier alpha value is -3.08. The Bertz CT molecular complexity index is 1160. The number of carbonyl (C=O) groups is 1. The van der Waals surface area contributed by atoms with Gasteiger partial charge < -0.3 is 24.7 Å². The molecule has 3 aromatic rings. The molecule has 2 aliphatic rings. The van der Waals surface area contributed by atoms with Gasteiger partial charge in [-0.05, 0) is 50.5 Å². The highest BCUT2D eigenvalue weighted by Crippen LogP contribution is 2.31. The van der Waals surface area contributed by atoms with Crippen molar-refractivity contribution in [2.75, 3.05) is 31.7 Å². The molecule has 9 nitrogen and oxygen atoms in total. The molecule has 0 bridgehead atoms. The molecule has 0 aliphatic carbocycles. The van der Waals surface area contributed by atoms with Crippen molar-refractivity contribution in [1.29, 1.82) is 0 Å². The Balaban J connectivity index is 0.00000289. The third kappa shape index (κ3) is 5.61. The molecule has 4 heterocycles. The molecule has 0 radical (unpaired) electrons. The zero-order valence-corrected chi connectivity index (χ0v) is 20.2. The van der Waals surface area contributed by atoms with Gasteiger partial charge in [0.05, 0.1) is 30.7 Å². The zero-order valence-electron chi connectivity index (χ0n) is 19.4. The van der Waals surface area contributed by atoms with Crippen molar-refractivity contribution in [3.8, 4) is 11.4 Å². The maximum absolute atomic E-state index is 14.8.